The van der Waals surface area contributed by atoms with E-state index < -0.39 is 5.97 Å². The number of esters is 1. The molecule has 17 heavy (non-hydrogen) atoms. The first-order chi connectivity index (χ1) is 8.04. The van der Waals surface area contributed by atoms with Crippen molar-refractivity contribution < 1.29 is 14.3 Å². The molecule has 1 rings (SSSR count). The number of benzene rings is 1. The molecule has 0 aromatic heterocycles. The number of hydrogen-bond acceptors (Lipinski definition) is 3. The predicted molar refractivity (Wildman–Crippen MR) is 68.2 cm³/mol. The van der Waals surface area contributed by atoms with Crippen LogP contribution in [0.1, 0.15) is 13.3 Å². The van der Waals surface area contributed by atoms with Crippen molar-refractivity contribution in [1.82, 2.24) is 0 Å². The van der Waals surface area contributed by atoms with E-state index in [1.54, 1.807) is 0 Å². The number of ether oxygens (including phenoxy) is 2. The summed E-state index contributed by atoms with van der Waals surface area (Å²) in [6, 6.07) is 2.98. The van der Waals surface area contributed by atoms with Gasteiger partial charge in [0.25, 0.3) is 0 Å². The Morgan fingerprint density at radius 3 is 2.35 bits per heavy atom. The van der Waals surface area contributed by atoms with Crippen LogP contribution in [-0.2, 0) is 9.53 Å². The van der Waals surface area contributed by atoms with Crippen LogP contribution >= 0.6 is 34.8 Å². The summed E-state index contributed by atoms with van der Waals surface area (Å²) >= 11 is 17.5. The molecule has 1 aromatic rings. The molecular formula is C11H11Cl3O3. The molecule has 0 aliphatic carbocycles. The van der Waals surface area contributed by atoms with Gasteiger partial charge >= 0.3 is 5.97 Å². The molecule has 6 heteroatoms. The summed E-state index contributed by atoms with van der Waals surface area (Å²) < 4.78 is 10.0. The van der Waals surface area contributed by atoms with E-state index in [9.17, 15) is 4.79 Å². The molecule has 3 nitrogen and oxygen atoms in total. The van der Waals surface area contributed by atoms with Crippen LogP contribution in [0.5, 0.6) is 5.75 Å². The van der Waals surface area contributed by atoms with Gasteiger partial charge in [-0.05, 0) is 18.6 Å². The monoisotopic (exact) mass is 296 g/mol. The highest BCUT2D eigenvalue weighted by molar-refractivity contribution is 6.40. The summed E-state index contributed by atoms with van der Waals surface area (Å²) in [6.07, 6.45) is 0.758. The van der Waals surface area contributed by atoms with Gasteiger partial charge in [0.05, 0.1) is 16.7 Å². The minimum absolute atomic E-state index is 0.228. The van der Waals surface area contributed by atoms with Crippen LogP contribution in [-0.4, -0.2) is 19.2 Å². The Kier molecular flexibility index (Phi) is 5.89. The SMILES string of the molecule is CCCOC(=O)COc1c(Cl)cc(Cl)cc1Cl. The average molecular weight is 298 g/mol. The lowest BCUT2D eigenvalue weighted by atomic mass is 10.3. The third-order valence-electron chi connectivity index (χ3n) is 1.76. The fourth-order valence-corrected chi connectivity index (χ4v) is 1.98. The molecule has 0 amide bonds. The molecule has 0 spiro atoms. The maximum absolute atomic E-state index is 11.2. The van der Waals surface area contributed by atoms with Gasteiger partial charge in [-0.3, -0.25) is 0 Å². The third-order valence-corrected chi connectivity index (χ3v) is 2.54. The molecule has 0 saturated heterocycles. The van der Waals surface area contributed by atoms with Gasteiger partial charge in [-0.25, -0.2) is 4.79 Å². The van der Waals surface area contributed by atoms with Crippen molar-refractivity contribution in [3.8, 4) is 5.75 Å². The van der Waals surface area contributed by atoms with Gasteiger partial charge < -0.3 is 9.47 Å². The topological polar surface area (TPSA) is 35.5 Å². The van der Waals surface area contributed by atoms with Crippen molar-refractivity contribution in [3.05, 3.63) is 27.2 Å². The van der Waals surface area contributed by atoms with E-state index in [1.165, 1.54) is 12.1 Å². The van der Waals surface area contributed by atoms with Crippen molar-refractivity contribution in [2.24, 2.45) is 0 Å². The van der Waals surface area contributed by atoms with Gasteiger partial charge in [-0.1, -0.05) is 41.7 Å². The van der Waals surface area contributed by atoms with Crippen LogP contribution in [0, 0.1) is 0 Å². The van der Waals surface area contributed by atoms with Crippen molar-refractivity contribution in [3.63, 3.8) is 0 Å². The van der Waals surface area contributed by atoms with Crippen LogP contribution in [0.3, 0.4) is 0 Å². The first kappa shape index (κ1) is 14.4. The Labute approximate surface area is 115 Å². The van der Waals surface area contributed by atoms with Gasteiger partial charge in [0, 0.05) is 5.02 Å². The van der Waals surface area contributed by atoms with Gasteiger partial charge in [0.15, 0.2) is 12.4 Å². The van der Waals surface area contributed by atoms with Gasteiger partial charge in [-0.15, -0.1) is 0 Å². The Hall–Kier alpha value is -0.640. The molecule has 0 unspecified atom stereocenters. The molecule has 0 aliphatic heterocycles. The number of halogens is 3. The van der Waals surface area contributed by atoms with Crippen molar-refractivity contribution in [1.29, 1.82) is 0 Å². The van der Waals surface area contributed by atoms with E-state index in [4.69, 9.17) is 44.3 Å². The Morgan fingerprint density at radius 1 is 1.24 bits per heavy atom. The number of carbonyl (C=O) groups is 1. The predicted octanol–water partition coefficient (Wildman–Crippen LogP) is 3.98. The van der Waals surface area contributed by atoms with Crippen LogP contribution in [0.2, 0.25) is 15.1 Å². The lowest BCUT2D eigenvalue weighted by Crippen LogP contribution is -2.15. The second-order valence-corrected chi connectivity index (χ2v) is 4.46. The zero-order valence-electron chi connectivity index (χ0n) is 9.13. The quantitative estimate of drug-likeness (QED) is 0.771. The van der Waals surface area contributed by atoms with E-state index in [-0.39, 0.29) is 22.4 Å². The highest BCUT2D eigenvalue weighted by Gasteiger charge is 2.11. The average Bonchev–Trinajstić information content (AvgIpc) is 2.24. The molecular weight excluding hydrogens is 286 g/mol. The standard InChI is InChI=1S/C11H11Cl3O3/c1-2-3-16-10(15)6-17-11-8(13)4-7(12)5-9(11)14/h4-5H,2-3,6H2,1H3. The third kappa shape index (κ3) is 4.62. The van der Waals surface area contributed by atoms with Crippen molar-refractivity contribution in [2.45, 2.75) is 13.3 Å². The minimum Gasteiger partial charge on any atom is -0.479 e. The fraction of sp³-hybridized carbons (Fsp3) is 0.364. The number of hydrogen-bond donors (Lipinski definition) is 0. The molecule has 0 atom stereocenters. The number of rotatable bonds is 5. The summed E-state index contributed by atoms with van der Waals surface area (Å²) in [4.78, 5) is 11.2. The van der Waals surface area contributed by atoms with Crippen LogP contribution in [0.15, 0.2) is 12.1 Å². The smallest absolute Gasteiger partial charge is 0.344 e. The van der Waals surface area contributed by atoms with Crippen molar-refractivity contribution in [2.75, 3.05) is 13.2 Å². The van der Waals surface area contributed by atoms with E-state index in [2.05, 4.69) is 0 Å². The molecule has 0 N–H and O–H groups in total. The fourth-order valence-electron chi connectivity index (χ4n) is 1.06. The zero-order chi connectivity index (χ0) is 12.8. The second kappa shape index (κ2) is 6.94. The second-order valence-electron chi connectivity index (χ2n) is 3.21. The molecule has 0 radical (unpaired) electrons. The summed E-state index contributed by atoms with van der Waals surface area (Å²) in [6.45, 7) is 2.03. The Bertz CT molecular complexity index is 384. The maximum Gasteiger partial charge on any atom is 0.344 e. The molecule has 94 valence electrons. The molecule has 0 aliphatic rings. The lowest BCUT2D eigenvalue weighted by molar-refractivity contribution is -0.146. The van der Waals surface area contributed by atoms with E-state index in [1.807, 2.05) is 6.92 Å². The van der Waals surface area contributed by atoms with Gasteiger partial charge in [-0.2, -0.15) is 0 Å². The summed E-state index contributed by atoms with van der Waals surface area (Å²) in [5.41, 5.74) is 0. The van der Waals surface area contributed by atoms with Gasteiger partial charge in [0.1, 0.15) is 0 Å². The van der Waals surface area contributed by atoms with Crippen LogP contribution < -0.4 is 4.74 Å². The molecule has 0 saturated carbocycles. The highest BCUT2D eigenvalue weighted by Crippen LogP contribution is 2.35. The largest absolute Gasteiger partial charge is 0.479 e. The number of carbonyl (C=O) groups excluding carboxylic acids is 1. The van der Waals surface area contributed by atoms with Crippen molar-refractivity contribution >= 4 is 40.8 Å². The minimum atomic E-state index is -0.464. The first-order valence-corrected chi connectivity index (χ1v) is 6.11. The first-order valence-electron chi connectivity index (χ1n) is 4.97. The van der Waals surface area contributed by atoms with E-state index in [0.29, 0.717) is 11.6 Å². The Balaban J connectivity index is 2.60. The van der Waals surface area contributed by atoms with Crippen LogP contribution in [0.25, 0.3) is 0 Å². The zero-order valence-corrected chi connectivity index (χ0v) is 11.4. The molecule has 0 fully saturated rings. The van der Waals surface area contributed by atoms with E-state index in [0.717, 1.165) is 6.42 Å². The Morgan fingerprint density at radius 2 is 1.82 bits per heavy atom. The normalized spacial score (nSPS) is 10.1. The molecule has 1 aromatic carbocycles. The molecule has 0 heterocycles. The molecule has 0 bridgehead atoms. The lowest BCUT2D eigenvalue weighted by Gasteiger charge is -2.09. The van der Waals surface area contributed by atoms with E-state index >= 15 is 0 Å². The summed E-state index contributed by atoms with van der Waals surface area (Å²) in [5.74, 6) is -0.236. The summed E-state index contributed by atoms with van der Waals surface area (Å²) in [7, 11) is 0. The van der Waals surface area contributed by atoms with Crippen LogP contribution in [0.4, 0.5) is 0 Å². The highest BCUT2D eigenvalue weighted by atomic mass is 35.5. The summed E-state index contributed by atoms with van der Waals surface area (Å²) in [5, 5.41) is 0.914. The van der Waals surface area contributed by atoms with Gasteiger partial charge in [0.2, 0.25) is 0 Å². The maximum atomic E-state index is 11.2.